The highest BCUT2D eigenvalue weighted by molar-refractivity contribution is 6.30. The zero-order chi connectivity index (χ0) is 7.56. The Hall–Kier alpha value is -0.490. The van der Waals surface area contributed by atoms with E-state index in [0.29, 0.717) is 0 Å². The van der Waals surface area contributed by atoms with Crippen molar-refractivity contribution in [1.82, 2.24) is 0 Å². The fraction of sp³-hybridized carbons (Fsp3) is 0.333. The Morgan fingerprint density at radius 1 is 1.40 bits per heavy atom. The average Bonchev–Trinajstić information content (AvgIpc) is 1.94. The largest absolute Gasteiger partial charge is 0.0843 e. The van der Waals surface area contributed by atoms with E-state index in [0.717, 1.165) is 11.4 Å². The van der Waals surface area contributed by atoms with Gasteiger partial charge in [-0.05, 0) is 36.6 Å². The van der Waals surface area contributed by atoms with Crippen molar-refractivity contribution in [2.24, 2.45) is 0 Å². The first-order valence-electron chi connectivity index (χ1n) is 3.49. The van der Waals surface area contributed by atoms with Gasteiger partial charge in [0.1, 0.15) is 0 Å². The minimum absolute atomic E-state index is 0.836. The van der Waals surface area contributed by atoms with Crippen molar-refractivity contribution >= 4 is 11.6 Å². The van der Waals surface area contributed by atoms with Gasteiger partial charge >= 0.3 is 0 Å². The quantitative estimate of drug-likeness (QED) is 0.583. The minimum Gasteiger partial charge on any atom is -0.0843 e. The Balaban J connectivity index is 3.09. The van der Waals surface area contributed by atoms with E-state index in [1.165, 1.54) is 11.1 Å². The van der Waals surface area contributed by atoms with E-state index in [4.69, 9.17) is 11.6 Å². The van der Waals surface area contributed by atoms with Crippen LogP contribution in [0.4, 0.5) is 0 Å². The molecule has 0 spiro atoms. The van der Waals surface area contributed by atoms with Crippen molar-refractivity contribution in [2.45, 2.75) is 20.3 Å². The van der Waals surface area contributed by atoms with E-state index >= 15 is 0 Å². The molecule has 0 saturated heterocycles. The number of hydrogen-bond donors (Lipinski definition) is 0. The first-order valence-corrected chi connectivity index (χ1v) is 3.87. The van der Waals surface area contributed by atoms with Crippen LogP contribution in [0.15, 0.2) is 18.2 Å². The first kappa shape index (κ1) is 7.62. The highest BCUT2D eigenvalue weighted by Gasteiger charge is 1.94. The van der Waals surface area contributed by atoms with Gasteiger partial charge in [0.25, 0.3) is 0 Å². The van der Waals surface area contributed by atoms with Gasteiger partial charge < -0.3 is 0 Å². The third kappa shape index (κ3) is 1.51. The normalized spacial score (nSPS) is 9.90. The maximum Gasteiger partial charge on any atom is 0.0408 e. The monoisotopic (exact) mass is 154 g/mol. The van der Waals surface area contributed by atoms with Crippen molar-refractivity contribution < 1.29 is 0 Å². The van der Waals surface area contributed by atoms with E-state index in [1.807, 2.05) is 12.1 Å². The number of benzene rings is 1. The molecule has 0 nitrogen and oxygen atoms in total. The van der Waals surface area contributed by atoms with E-state index in [2.05, 4.69) is 19.9 Å². The Bertz CT molecular complexity index is 228. The molecule has 0 aliphatic rings. The zero-order valence-electron chi connectivity index (χ0n) is 6.32. The van der Waals surface area contributed by atoms with Crippen molar-refractivity contribution in [1.29, 1.82) is 0 Å². The molecule has 0 aliphatic carbocycles. The molecule has 0 aromatic heterocycles. The highest BCUT2D eigenvalue weighted by Crippen LogP contribution is 2.15. The second-order valence-corrected chi connectivity index (χ2v) is 2.86. The number of aryl methyl sites for hydroxylation is 2. The van der Waals surface area contributed by atoms with Gasteiger partial charge in [0, 0.05) is 5.02 Å². The van der Waals surface area contributed by atoms with Crippen molar-refractivity contribution in [2.75, 3.05) is 0 Å². The Labute approximate surface area is 66.8 Å². The topological polar surface area (TPSA) is 0 Å². The minimum atomic E-state index is 0.836. The van der Waals surface area contributed by atoms with Crippen molar-refractivity contribution in [3.63, 3.8) is 0 Å². The van der Waals surface area contributed by atoms with E-state index in [1.54, 1.807) is 0 Å². The molecular formula is C9H11Cl. The molecule has 1 aromatic rings. The summed E-state index contributed by atoms with van der Waals surface area (Å²) >= 11 is 5.80. The molecule has 1 rings (SSSR count). The lowest BCUT2D eigenvalue weighted by molar-refractivity contribution is 1.11. The van der Waals surface area contributed by atoms with Crippen LogP contribution >= 0.6 is 11.6 Å². The second-order valence-electron chi connectivity index (χ2n) is 2.42. The Morgan fingerprint density at radius 3 is 2.60 bits per heavy atom. The highest BCUT2D eigenvalue weighted by atomic mass is 35.5. The number of halogens is 1. The molecule has 0 atom stereocenters. The molecule has 0 aliphatic heterocycles. The van der Waals surface area contributed by atoms with Crippen LogP contribution in [-0.4, -0.2) is 0 Å². The summed E-state index contributed by atoms with van der Waals surface area (Å²) in [6, 6.07) is 6.01. The van der Waals surface area contributed by atoms with Crippen molar-refractivity contribution in [3.8, 4) is 0 Å². The van der Waals surface area contributed by atoms with E-state index in [-0.39, 0.29) is 0 Å². The van der Waals surface area contributed by atoms with Crippen LogP contribution in [0.3, 0.4) is 0 Å². The molecule has 54 valence electrons. The molecular weight excluding hydrogens is 144 g/mol. The summed E-state index contributed by atoms with van der Waals surface area (Å²) in [5, 5.41) is 0.836. The summed E-state index contributed by atoms with van der Waals surface area (Å²) in [5.41, 5.74) is 2.67. The molecule has 0 bridgehead atoms. The van der Waals surface area contributed by atoms with Gasteiger partial charge in [0.2, 0.25) is 0 Å². The fourth-order valence-electron chi connectivity index (χ4n) is 1.02. The van der Waals surface area contributed by atoms with Crippen LogP contribution in [0.2, 0.25) is 5.02 Å². The van der Waals surface area contributed by atoms with Crippen LogP contribution in [0.1, 0.15) is 18.1 Å². The van der Waals surface area contributed by atoms with Crippen LogP contribution < -0.4 is 0 Å². The van der Waals surface area contributed by atoms with Crippen LogP contribution in [0, 0.1) is 6.92 Å². The average molecular weight is 155 g/mol. The van der Waals surface area contributed by atoms with Gasteiger partial charge in [0.15, 0.2) is 0 Å². The maximum atomic E-state index is 5.80. The first-order chi connectivity index (χ1) is 4.74. The summed E-state index contributed by atoms with van der Waals surface area (Å²) in [6.45, 7) is 4.24. The molecule has 1 aromatic carbocycles. The molecule has 0 amide bonds. The van der Waals surface area contributed by atoms with Gasteiger partial charge in [-0.15, -0.1) is 0 Å². The third-order valence-corrected chi connectivity index (χ3v) is 1.93. The maximum absolute atomic E-state index is 5.80. The summed E-state index contributed by atoms with van der Waals surface area (Å²) in [6.07, 6.45) is 1.06. The molecule has 0 heterocycles. The van der Waals surface area contributed by atoms with Crippen LogP contribution in [0.25, 0.3) is 0 Å². The summed E-state index contributed by atoms with van der Waals surface area (Å²) in [5.74, 6) is 0. The molecule has 0 N–H and O–H groups in total. The molecule has 0 radical (unpaired) electrons. The van der Waals surface area contributed by atoms with Crippen LogP contribution in [0.5, 0.6) is 0 Å². The van der Waals surface area contributed by atoms with Gasteiger partial charge in [-0.25, -0.2) is 0 Å². The smallest absolute Gasteiger partial charge is 0.0408 e. The Kier molecular flexibility index (Phi) is 2.34. The van der Waals surface area contributed by atoms with Gasteiger partial charge in [-0.1, -0.05) is 24.6 Å². The second kappa shape index (κ2) is 3.07. The van der Waals surface area contributed by atoms with Gasteiger partial charge in [-0.2, -0.15) is 0 Å². The predicted octanol–water partition coefficient (Wildman–Crippen LogP) is 3.21. The van der Waals surface area contributed by atoms with E-state index in [9.17, 15) is 0 Å². The summed E-state index contributed by atoms with van der Waals surface area (Å²) in [4.78, 5) is 0. The fourth-order valence-corrected chi connectivity index (χ4v) is 1.22. The lowest BCUT2D eigenvalue weighted by Crippen LogP contribution is -1.84. The number of rotatable bonds is 1. The summed E-state index contributed by atoms with van der Waals surface area (Å²) < 4.78 is 0. The molecule has 0 saturated carbocycles. The van der Waals surface area contributed by atoms with E-state index < -0.39 is 0 Å². The Morgan fingerprint density at radius 2 is 2.10 bits per heavy atom. The van der Waals surface area contributed by atoms with Gasteiger partial charge in [0.05, 0.1) is 0 Å². The lowest BCUT2D eigenvalue weighted by atomic mass is 10.1. The molecule has 1 heteroatoms. The molecule has 0 unspecified atom stereocenters. The number of hydrogen-bond acceptors (Lipinski definition) is 0. The SMILES string of the molecule is CCc1cc(Cl)ccc1C. The predicted molar refractivity (Wildman–Crippen MR) is 45.6 cm³/mol. The molecule has 10 heavy (non-hydrogen) atoms. The third-order valence-electron chi connectivity index (χ3n) is 1.69. The standard InChI is InChI=1S/C9H11Cl/c1-3-8-6-9(10)5-4-7(8)2/h4-6H,3H2,1-2H3. The van der Waals surface area contributed by atoms with Gasteiger partial charge in [-0.3, -0.25) is 0 Å². The van der Waals surface area contributed by atoms with Crippen LogP contribution in [-0.2, 0) is 6.42 Å². The molecule has 0 fully saturated rings. The zero-order valence-corrected chi connectivity index (χ0v) is 7.07. The lowest BCUT2D eigenvalue weighted by Gasteiger charge is -2.01. The van der Waals surface area contributed by atoms with Crippen molar-refractivity contribution in [3.05, 3.63) is 34.3 Å². The summed E-state index contributed by atoms with van der Waals surface area (Å²) in [7, 11) is 0.